The van der Waals surface area contributed by atoms with E-state index in [-0.39, 0.29) is 6.79 Å². The molecule has 0 fully saturated rings. The SMILES string of the molecule is COc1ccc2c(OC)c3c(nc2c1)OCO3. The first-order valence-electron chi connectivity index (χ1n) is 5.15. The average Bonchev–Trinajstić information content (AvgIpc) is 2.82. The summed E-state index contributed by atoms with van der Waals surface area (Å²) in [6.45, 7) is 0.173. The van der Waals surface area contributed by atoms with Crippen molar-refractivity contribution in [2.24, 2.45) is 0 Å². The second-order valence-corrected chi connectivity index (χ2v) is 3.57. The zero-order valence-corrected chi connectivity index (χ0v) is 9.52. The molecule has 0 aliphatic carbocycles. The Bertz CT molecular complexity index is 582. The van der Waals surface area contributed by atoms with Crippen LogP contribution in [0.25, 0.3) is 10.9 Å². The Morgan fingerprint density at radius 2 is 2.06 bits per heavy atom. The third kappa shape index (κ3) is 1.43. The van der Waals surface area contributed by atoms with Crippen molar-refractivity contribution in [2.75, 3.05) is 21.0 Å². The molecule has 1 aliphatic rings. The molecule has 0 radical (unpaired) electrons. The number of hydrogen-bond acceptors (Lipinski definition) is 5. The number of hydrogen-bond donors (Lipinski definition) is 0. The predicted octanol–water partition coefficient (Wildman–Crippen LogP) is 1.98. The second kappa shape index (κ2) is 3.69. The molecule has 3 rings (SSSR count). The predicted molar refractivity (Wildman–Crippen MR) is 61.0 cm³/mol. The summed E-state index contributed by atoms with van der Waals surface area (Å²) in [6, 6.07) is 5.58. The highest BCUT2D eigenvalue weighted by atomic mass is 16.7. The zero-order valence-electron chi connectivity index (χ0n) is 9.52. The van der Waals surface area contributed by atoms with Gasteiger partial charge in [0.05, 0.1) is 19.7 Å². The molecule has 5 nitrogen and oxygen atoms in total. The Labute approximate surface area is 97.9 Å². The molecule has 0 bridgehead atoms. The summed E-state index contributed by atoms with van der Waals surface area (Å²) in [5.41, 5.74) is 0.755. The monoisotopic (exact) mass is 233 g/mol. The van der Waals surface area contributed by atoms with E-state index in [1.54, 1.807) is 14.2 Å². The molecule has 0 saturated carbocycles. The molecule has 5 heteroatoms. The number of benzene rings is 1. The van der Waals surface area contributed by atoms with Gasteiger partial charge in [-0.2, -0.15) is 0 Å². The molecule has 88 valence electrons. The van der Waals surface area contributed by atoms with Gasteiger partial charge in [0.25, 0.3) is 5.88 Å². The highest BCUT2D eigenvalue weighted by Gasteiger charge is 2.23. The van der Waals surface area contributed by atoms with Gasteiger partial charge in [-0.1, -0.05) is 0 Å². The Morgan fingerprint density at radius 1 is 1.18 bits per heavy atom. The van der Waals surface area contributed by atoms with Gasteiger partial charge in [0.2, 0.25) is 12.5 Å². The topological polar surface area (TPSA) is 49.8 Å². The van der Waals surface area contributed by atoms with Crippen molar-refractivity contribution in [2.45, 2.75) is 0 Å². The van der Waals surface area contributed by atoms with Crippen molar-refractivity contribution < 1.29 is 18.9 Å². The number of nitrogens with zero attached hydrogens (tertiary/aromatic N) is 1. The summed E-state index contributed by atoms with van der Waals surface area (Å²) in [5.74, 6) is 2.41. The van der Waals surface area contributed by atoms with Crippen molar-refractivity contribution in [1.29, 1.82) is 0 Å². The van der Waals surface area contributed by atoms with E-state index in [0.29, 0.717) is 17.4 Å². The van der Waals surface area contributed by atoms with Crippen molar-refractivity contribution in [3.8, 4) is 23.1 Å². The lowest BCUT2D eigenvalue weighted by Crippen LogP contribution is -1.94. The Kier molecular flexibility index (Phi) is 2.18. The van der Waals surface area contributed by atoms with Gasteiger partial charge in [-0.25, -0.2) is 4.98 Å². The van der Waals surface area contributed by atoms with Crippen molar-refractivity contribution in [3.63, 3.8) is 0 Å². The van der Waals surface area contributed by atoms with Gasteiger partial charge in [-0.05, 0) is 12.1 Å². The van der Waals surface area contributed by atoms with E-state index in [0.717, 1.165) is 16.7 Å². The minimum Gasteiger partial charge on any atom is -0.497 e. The van der Waals surface area contributed by atoms with Crippen LogP contribution in [-0.4, -0.2) is 26.0 Å². The molecule has 2 aromatic rings. The third-order valence-electron chi connectivity index (χ3n) is 2.68. The van der Waals surface area contributed by atoms with Crippen LogP contribution in [0.15, 0.2) is 18.2 Å². The summed E-state index contributed by atoms with van der Waals surface area (Å²) in [6.07, 6.45) is 0. The fraction of sp³-hybridized carbons (Fsp3) is 0.250. The maximum Gasteiger partial charge on any atom is 0.264 e. The van der Waals surface area contributed by atoms with E-state index >= 15 is 0 Å². The lowest BCUT2D eigenvalue weighted by atomic mass is 10.2. The summed E-state index contributed by atoms with van der Waals surface area (Å²) >= 11 is 0. The smallest absolute Gasteiger partial charge is 0.264 e. The van der Waals surface area contributed by atoms with Crippen LogP contribution in [0.3, 0.4) is 0 Å². The molecule has 1 aromatic carbocycles. The third-order valence-corrected chi connectivity index (χ3v) is 2.68. The van der Waals surface area contributed by atoms with Crippen LogP contribution >= 0.6 is 0 Å². The number of fused-ring (bicyclic) bond motifs is 2. The Balaban J connectivity index is 2.32. The number of ether oxygens (including phenoxy) is 4. The van der Waals surface area contributed by atoms with E-state index in [1.165, 1.54) is 0 Å². The average molecular weight is 233 g/mol. The molecule has 17 heavy (non-hydrogen) atoms. The molecule has 0 saturated heterocycles. The lowest BCUT2D eigenvalue weighted by Gasteiger charge is -2.09. The van der Waals surface area contributed by atoms with Crippen LogP contribution in [0.2, 0.25) is 0 Å². The molecule has 0 amide bonds. The lowest BCUT2D eigenvalue weighted by molar-refractivity contribution is 0.168. The molecule has 0 atom stereocenters. The van der Waals surface area contributed by atoms with Crippen molar-refractivity contribution in [3.05, 3.63) is 18.2 Å². The van der Waals surface area contributed by atoms with Gasteiger partial charge in [-0.15, -0.1) is 0 Å². The first-order chi connectivity index (χ1) is 8.33. The molecule has 1 aliphatic heterocycles. The Morgan fingerprint density at radius 3 is 2.82 bits per heavy atom. The van der Waals surface area contributed by atoms with Crippen LogP contribution < -0.4 is 18.9 Å². The van der Waals surface area contributed by atoms with Gasteiger partial charge in [0.1, 0.15) is 5.75 Å². The van der Waals surface area contributed by atoms with E-state index in [1.807, 2.05) is 18.2 Å². The van der Waals surface area contributed by atoms with Crippen LogP contribution in [0.4, 0.5) is 0 Å². The molecule has 1 aromatic heterocycles. The van der Waals surface area contributed by atoms with Crippen LogP contribution in [0.1, 0.15) is 0 Å². The van der Waals surface area contributed by atoms with E-state index in [2.05, 4.69) is 4.98 Å². The van der Waals surface area contributed by atoms with Gasteiger partial charge < -0.3 is 18.9 Å². The van der Waals surface area contributed by atoms with Crippen molar-refractivity contribution in [1.82, 2.24) is 4.98 Å². The fourth-order valence-corrected chi connectivity index (χ4v) is 1.87. The number of aromatic nitrogens is 1. The van der Waals surface area contributed by atoms with E-state index in [9.17, 15) is 0 Å². The molecule has 0 unspecified atom stereocenters. The molecule has 0 spiro atoms. The van der Waals surface area contributed by atoms with Gasteiger partial charge in [-0.3, -0.25) is 0 Å². The van der Waals surface area contributed by atoms with Crippen LogP contribution in [-0.2, 0) is 0 Å². The van der Waals surface area contributed by atoms with Gasteiger partial charge >= 0.3 is 0 Å². The minimum absolute atomic E-state index is 0.173. The van der Waals surface area contributed by atoms with Gasteiger partial charge in [0, 0.05) is 11.5 Å². The quantitative estimate of drug-likeness (QED) is 0.793. The standard InChI is InChI=1S/C12H11NO4/c1-14-7-3-4-8-9(5-7)13-12-11(10(8)15-2)16-6-17-12/h3-5H,6H2,1-2H3. The fourth-order valence-electron chi connectivity index (χ4n) is 1.87. The normalized spacial score (nSPS) is 12.8. The maximum absolute atomic E-state index is 5.36. The zero-order chi connectivity index (χ0) is 11.8. The van der Waals surface area contributed by atoms with Gasteiger partial charge in [0.15, 0.2) is 5.75 Å². The highest BCUT2D eigenvalue weighted by molar-refractivity contribution is 5.90. The number of pyridine rings is 1. The van der Waals surface area contributed by atoms with Crippen LogP contribution in [0.5, 0.6) is 23.1 Å². The van der Waals surface area contributed by atoms with Crippen molar-refractivity contribution >= 4 is 10.9 Å². The summed E-state index contributed by atoms with van der Waals surface area (Å²) in [5, 5.41) is 0.873. The second-order valence-electron chi connectivity index (χ2n) is 3.57. The Hall–Kier alpha value is -2.17. The molecule has 2 heterocycles. The maximum atomic E-state index is 5.36. The highest BCUT2D eigenvalue weighted by Crippen LogP contribution is 2.44. The summed E-state index contributed by atoms with van der Waals surface area (Å²) in [4.78, 5) is 4.37. The molecular weight excluding hydrogens is 222 g/mol. The first kappa shape index (κ1) is 10.0. The molecular formula is C12H11NO4. The number of methoxy groups -OCH3 is 2. The number of rotatable bonds is 2. The van der Waals surface area contributed by atoms with E-state index in [4.69, 9.17) is 18.9 Å². The minimum atomic E-state index is 0.173. The summed E-state index contributed by atoms with van der Waals surface area (Å²) < 4.78 is 21.1. The first-order valence-corrected chi connectivity index (χ1v) is 5.15. The summed E-state index contributed by atoms with van der Waals surface area (Å²) in [7, 11) is 3.21. The van der Waals surface area contributed by atoms with E-state index < -0.39 is 0 Å². The van der Waals surface area contributed by atoms with Crippen LogP contribution in [0, 0.1) is 0 Å². The largest absolute Gasteiger partial charge is 0.497 e. The molecule has 0 N–H and O–H groups in total.